The molecule has 0 N–H and O–H groups in total. The molecular formula is C9H5NO. The fraction of sp³-hybridized carbons (Fsp3) is 0. The standard InChI is InChI=1S/C9H5NO/c11-8-4-7-10-9-5-2-1-3-6-9/h1-3,5-6H. The smallest absolute Gasteiger partial charge is 0.187 e. The summed E-state index contributed by atoms with van der Waals surface area (Å²) in [5.41, 5.74) is 2.82. The van der Waals surface area contributed by atoms with E-state index in [4.69, 9.17) is 0 Å². The molecule has 0 bridgehead atoms. The number of aliphatic imine (C=N–C) groups is 1. The predicted molar refractivity (Wildman–Crippen MR) is 42.7 cm³/mol. The van der Waals surface area contributed by atoms with Gasteiger partial charge in [-0.15, -0.1) is 0 Å². The van der Waals surface area contributed by atoms with Crippen LogP contribution in [0, 0.1) is 0 Å². The molecule has 1 rings (SSSR count). The summed E-state index contributed by atoms with van der Waals surface area (Å²) < 4.78 is 0. The molecule has 2 heteroatoms. The fourth-order valence-corrected chi connectivity index (χ4v) is 0.618. The first kappa shape index (κ1) is 7.27. The first-order valence-electron chi connectivity index (χ1n) is 3.06. The highest BCUT2D eigenvalue weighted by Gasteiger charge is 1.79. The largest absolute Gasteiger partial charge is 0.223 e. The van der Waals surface area contributed by atoms with Crippen molar-refractivity contribution in [2.45, 2.75) is 0 Å². The summed E-state index contributed by atoms with van der Waals surface area (Å²) in [7, 11) is 0. The van der Waals surface area contributed by atoms with E-state index in [2.05, 4.69) is 16.6 Å². The van der Waals surface area contributed by atoms with Crippen LogP contribution in [-0.2, 0) is 4.79 Å². The Morgan fingerprint density at radius 2 is 1.91 bits per heavy atom. The maximum absolute atomic E-state index is 9.64. The van der Waals surface area contributed by atoms with Crippen molar-refractivity contribution < 1.29 is 4.79 Å². The third-order valence-corrected chi connectivity index (χ3v) is 1.05. The van der Waals surface area contributed by atoms with Crippen molar-refractivity contribution in [2.24, 2.45) is 4.99 Å². The molecule has 0 spiro atoms. The van der Waals surface area contributed by atoms with Gasteiger partial charge in [-0.2, -0.15) is 4.99 Å². The maximum atomic E-state index is 9.64. The molecule has 0 aliphatic heterocycles. The van der Waals surface area contributed by atoms with Gasteiger partial charge in [0.05, 0.1) is 11.6 Å². The molecule has 0 radical (unpaired) electrons. The molecule has 0 amide bonds. The van der Waals surface area contributed by atoms with Crippen molar-refractivity contribution in [3.05, 3.63) is 36.1 Å². The number of para-hydroxylation sites is 1. The van der Waals surface area contributed by atoms with E-state index in [1.54, 1.807) is 12.1 Å². The first-order valence-corrected chi connectivity index (χ1v) is 3.06. The molecule has 0 saturated heterocycles. The van der Waals surface area contributed by atoms with E-state index in [1.165, 1.54) is 5.94 Å². The van der Waals surface area contributed by atoms with Gasteiger partial charge >= 0.3 is 0 Å². The number of hydrogen-bond acceptors (Lipinski definition) is 2. The highest BCUT2D eigenvalue weighted by molar-refractivity contribution is 5.66. The van der Waals surface area contributed by atoms with E-state index in [1.807, 2.05) is 18.2 Å². The van der Waals surface area contributed by atoms with Crippen LogP contribution in [0.5, 0.6) is 0 Å². The van der Waals surface area contributed by atoms with Crippen LogP contribution in [0.25, 0.3) is 0 Å². The van der Waals surface area contributed by atoms with Crippen LogP contribution in [0.3, 0.4) is 0 Å². The van der Waals surface area contributed by atoms with E-state index in [9.17, 15) is 4.79 Å². The summed E-state index contributed by atoms with van der Waals surface area (Å²) in [6.07, 6.45) is 0. The normalized spacial score (nSPS) is 7.27. The minimum atomic E-state index is 0.746. The molecule has 0 aliphatic rings. The van der Waals surface area contributed by atoms with Gasteiger partial charge in [0.2, 0.25) is 0 Å². The third-order valence-electron chi connectivity index (χ3n) is 1.05. The van der Waals surface area contributed by atoms with Crippen molar-refractivity contribution in [1.82, 2.24) is 0 Å². The molecule has 0 aliphatic carbocycles. The fourth-order valence-electron chi connectivity index (χ4n) is 0.618. The average molecular weight is 143 g/mol. The zero-order valence-corrected chi connectivity index (χ0v) is 5.74. The molecule has 0 fully saturated rings. The lowest BCUT2D eigenvalue weighted by Gasteiger charge is -1.84. The second-order valence-corrected chi connectivity index (χ2v) is 1.79. The van der Waals surface area contributed by atoms with Gasteiger partial charge in [0.15, 0.2) is 5.94 Å². The summed E-state index contributed by atoms with van der Waals surface area (Å²) in [6.45, 7) is 0. The summed E-state index contributed by atoms with van der Waals surface area (Å²) in [5, 5.41) is 0. The number of carbonyl (C=O) groups excluding carboxylic acids is 1. The van der Waals surface area contributed by atoms with E-state index in [0.29, 0.717) is 0 Å². The SMILES string of the molecule is O=C=C=C=Nc1ccccc1. The second kappa shape index (κ2) is 4.05. The number of nitrogens with zero attached hydrogens (tertiary/aromatic N) is 1. The summed E-state index contributed by atoms with van der Waals surface area (Å²) in [6, 6.07) is 9.20. The Kier molecular flexibility index (Phi) is 2.68. The van der Waals surface area contributed by atoms with Crippen molar-refractivity contribution >= 4 is 17.5 Å². The Morgan fingerprint density at radius 1 is 1.18 bits per heavy atom. The highest BCUT2D eigenvalue weighted by atomic mass is 16.1. The van der Waals surface area contributed by atoms with Crippen LogP contribution in [0.1, 0.15) is 0 Å². The van der Waals surface area contributed by atoms with Crippen LogP contribution in [-0.4, -0.2) is 11.8 Å². The minimum Gasteiger partial charge on any atom is -0.223 e. The molecule has 0 atom stereocenters. The van der Waals surface area contributed by atoms with Gasteiger partial charge in [0.1, 0.15) is 0 Å². The molecule has 1 aromatic carbocycles. The predicted octanol–water partition coefficient (Wildman–Crippen LogP) is 1.53. The molecule has 0 unspecified atom stereocenters. The maximum Gasteiger partial charge on any atom is 0.187 e. The van der Waals surface area contributed by atoms with E-state index in [-0.39, 0.29) is 0 Å². The Balaban J connectivity index is 2.98. The zero-order valence-electron chi connectivity index (χ0n) is 5.74. The van der Waals surface area contributed by atoms with Crippen LogP contribution < -0.4 is 0 Å². The molecule has 0 aromatic heterocycles. The lowest BCUT2D eigenvalue weighted by atomic mass is 10.3. The Hall–Kier alpha value is -1.84. The second-order valence-electron chi connectivity index (χ2n) is 1.79. The molecule has 52 valence electrons. The third kappa shape index (κ3) is 2.49. The lowest BCUT2D eigenvalue weighted by molar-refractivity contribution is 0.569. The summed E-state index contributed by atoms with van der Waals surface area (Å²) in [4.78, 5) is 13.4. The van der Waals surface area contributed by atoms with E-state index < -0.39 is 0 Å². The van der Waals surface area contributed by atoms with Crippen LogP contribution >= 0.6 is 0 Å². The van der Waals surface area contributed by atoms with Gasteiger partial charge in [0.25, 0.3) is 0 Å². The topological polar surface area (TPSA) is 29.4 Å². The van der Waals surface area contributed by atoms with Gasteiger partial charge in [0, 0.05) is 5.73 Å². The molecule has 2 nitrogen and oxygen atoms in total. The number of benzene rings is 1. The molecular weight excluding hydrogens is 138 g/mol. The van der Waals surface area contributed by atoms with Gasteiger partial charge < -0.3 is 0 Å². The Labute approximate surface area is 64.2 Å². The Bertz CT molecular complexity index is 337. The summed E-state index contributed by atoms with van der Waals surface area (Å²) >= 11 is 0. The van der Waals surface area contributed by atoms with Crippen molar-refractivity contribution in [3.8, 4) is 0 Å². The molecule has 0 saturated carbocycles. The van der Waals surface area contributed by atoms with Gasteiger partial charge in [-0.05, 0) is 12.1 Å². The van der Waals surface area contributed by atoms with Gasteiger partial charge in [-0.25, -0.2) is 4.79 Å². The Morgan fingerprint density at radius 3 is 2.55 bits per heavy atom. The first-order chi connectivity index (χ1) is 5.43. The highest BCUT2D eigenvalue weighted by Crippen LogP contribution is 2.07. The van der Waals surface area contributed by atoms with Crippen LogP contribution in [0.4, 0.5) is 5.69 Å². The zero-order chi connectivity index (χ0) is 7.94. The van der Waals surface area contributed by atoms with E-state index in [0.717, 1.165) is 5.69 Å². The number of rotatable bonds is 1. The van der Waals surface area contributed by atoms with Crippen molar-refractivity contribution in [1.29, 1.82) is 0 Å². The quantitative estimate of drug-likeness (QED) is 0.333. The van der Waals surface area contributed by atoms with Crippen LogP contribution in [0.15, 0.2) is 41.1 Å². The lowest BCUT2D eigenvalue weighted by Crippen LogP contribution is -1.59. The minimum absolute atomic E-state index is 0.746. The molecule has 0 heterocycles. The molecule has 11 heavy (non-hydrogen) atoms. The monoisotopic (exact) mass is 143 g/mol. The average Bonchev–Trinajstić information content (AvgIpc) is 2.07. The van der Waals surface area contributed by atoms with Crippen molar-refractivity contribution in [3.63, 3.8) is 0 Å². The van der Waals surface area contributed by atoms with E-state index >= 15 is 0 Å². The van der Waals surface area contributed by atoms with Crippen LogP contribution in [0.2, 0.25) is 0 Å². The molecule has 1 aromatic rings. The number of hydrogen-bond donors (Lipinski definition) is 0. The van der Waals surface area contributed by atoms with Gasteiger partial charge in [-0.1, -0.05) is 18.2 Å². The van der Waals surface area contributed by atoms with Gasteiger partial charge in [-0.3, -0.25) is 0 Å². The van der Waals surface area contributed by atoms with Crippen molar-refractivity contribution in [2.75, 3.05) is 0 Å². The summed E-state index contributed by atoms with van der Waals surface area (Å²) in [5.74, 6) is 3.74.